The molecule has 2 unspecified atom stereocenters. The highest BCUT2D eigenvalue weighted by Crippen LogP contribution is 2.14. The lowest BCUT2D eigenvalue weighted by Gasteiger charge is -2.11. The van der Waals surface area contributed by atoms with Gasteiger partial charge in [0.05, 0.1) is 12.2 Å². The van der Waals surface area contributed by atoms with Crippen LogP contribution in [0.4, 0.5) is 0 Å². The Labute approximate surface area is 156 Å². The zero-order chi connectivity index (χ0) is 18.8. The lowest BCUT2D eigenvalue weighted by Crippen LogP contribution is -2.13. The molecule has 2 atom stereocenters. The number of esters is 1. The first-order chi connectivity index (χ1) is 12.1. The van der Waals surface area contributed by atoms with E-state index in [0.717, 1.165) is 38.5 Å². The van der Waals surface area contributed by atoms with Crippen LogP contribution in [-0.4, -0.2) is 23.3 Å². The summed E-state index contributed by atoms with van der Waals surface area (Å²) in [7, 11) is 0. The van der Waals surface area contributed by atoms with Crippen LogP contribution in [0.15, 0.2) is 0 Å². The van der Waals surface area contributed by atoms with Crippen molar-refractivity contribution in [2.45, 2.75) is 136 Å². The predicted molar refractivity (Wildman–Crippen MR) is 107 cm³/mol. The molecule has 1 N–H and O–H groups in total. The second kappa shape index (κ2) is 18.2. The van der Waals surface area contributed by atoms with E-state index in [2.05, 4.69) is 6.92 Å². The van der Waals surface area contributed by atoms with Crippen LogP contribution in [0.2, 0.25) is 0 Å². The molecule has 0 amide bonds. The van der Waals surface area contributed by atoms with Gasteiger partial charge in [-0.15, -0.1) is 0 Å². The molecule has 0 spiro atoms. The summed E-state index contributed by atoms with van der Waals surface area (Å²) < 4.78 is 5.26. The van der Waals surface area contributed by atoms with E-state index in [-0.39, 0.29) is 18.2 Å². The average molecular weight is 357 g/mol. The number of carbonyl (C=O) groups excluding carboxylic acids is 1. The molecule has 0 saturated carbocycles. The molecule has 0 heterocycles. The Kier molecular flexibility index (Phi) is 17.8. The SMILES string of the molecule is CCCCCCCCC(O)CCCCCCCCC(=O)OC(C)CC. The molecule has 3 nitrogen and oxygen atoms in total. The summed E-state index contributed by atoms with van der Waals surface area (Å²) in [6, 6.07) is 0. The van der Waals surface area contributed by atoms with Crippen molar-refractivity contribution in [3.63, 3.8) is 0 Å². The van der Waals surface area contributed by atoms with Gasteiger partial charge < -0.3 is 9.84 Å². The Hall–Kier alpha value is -0.570. The first-order valence-electron chi connectivity index (χ1n) is 11.0. The molecule has 0 fully saturated rings. The topological polar surface area (TPSA) is 46.5 Å². The maximum absolute atomic E-state index is 11.5. The van der Waals surface area contributed by atoms with E-state index in [0.29, 0.717) is 6.42 Å². The van der Waals surface area contributed by atoms with Crippen LogP contribution in [-0.2, 0) is 9.53 Å². The molecule has 25 heavy (non-hydrogen) atoms. The summed E-state index contributed by atoms with van der Waals surface area (Å²) in [4.78, 5) is 11.5. The number of hydrogen-bond donors (Lipinski definition) is 1. The monoisotopic (exact) mass is 356 g/mol. The molecule has 0 aromatic rings. The minimum absolute atomic E-state index is 0.0489. The van der Waals surface area contributed by atoms with Crippen molar-refractivity contribution in [1.82, 2.24) is 0 Å². The van der Waals surface area contributed by atoms with E-state index in [1.54, 1.807) is 0 Å². The maximum Gasteiger partial charge on any atom is 0.306 e. The van der Waals surface area contributed by atoms with Gasteiger partial charge in [-0.25, -0.2) is 0 Å². The molecule has 150 valence electrons. The fraction of sp³-hybridized carbons (Fsp3) is 0.955. The van der Waals surface area contributed by atoms with Crippen LogP contribution in [0.25, 0.3) is 0 Å². The molecule has 0 aromatic carbocycles. The second-order valence-electron chi connectivity index (χ2n) is 7.58. The van der Waals surface area contributed by atoms with Gasteiger partial charge in [-0.05, 0) is 32.6 Å². The molecule has 0 aliphatic heterocycles. The summed E-state index contributed by atoms with van der Waals surface area (Å²) in [5.41, 5.74) is 0. The Balaban J connectivity index is 3.28. The van der Waals surface area contributed by atoms with Gasteiger partial charge in [-0.2, -0.15) is 0 Å². The molecule has 3 heteroatoms. The quantitative estimate of drug-likeness (QED) is 0.223. The molecule has 0 rings (SSSR count). The van der Waals surface area contributed by atoms with Crippen LogP contribution in [0.3, 0.4) is 0 Å². The summed E-state index contributed by atoms with van der Waals surface area (Å²) >= 11 is 0. The Bertz CT molecular complexity index is 291. The average Bonchev–Trinajstić information content (AvgIpc) is 2.60. The first-order valence-corrected chi connectivity index (χ1v) is 11.0. The van der Waals surface area contributed by atoms with Crippen LogP contribution >= 0.6 is 0 Å². The lowest BCUT2D eigenvalue weighted by atomic mass is 10.0. The zero-order valence-corrected chi connectivity index (χ0v) is 17.2. The van der Waals surface area contributed by atoms with E-state index in [1.165, 1.54) is 57.8 Å². The van der Waals surface area contributed by atoms with E-state index in [4.69, 9.17) is 4.74 Å². The third-order valence-corrected chi connectivity index (χ3v) is 4.97. The number of ether oxygens (including phenoxy) is 1. The van der Waals surface area contributed by atoms with E-state index < -0.39 is 0 Å². The highest BCUT2D eigenvalue weighted by Gasteiger charge is 2.07. The lowest BCUT2D eigenvalue weighted by molar-refractivity contribution is -0.148. The van der Waals surface area contributed by atoms with Gasteiger partial charge in [-0.1, -0.05) is 84.5 Å². The summed E-state index contributed by atoms with van der Waals surface area (Å²) in [5.74, 6) is -0.0489. The Morgan fingerprint density at radius 1 is 0.800 bits per heavy atom. The molecular formula is C22H44O3. The van der Waals surface area contributed by atoms with Crippen LogP contribution in [0, 0.1) is 0 Å². The highest BCUT2D eigenvalue weighted by atomic mass is 16.5. The largest absolute Gasteiger partial charge is 0.463 e. The third-order valence-electron chi connectivity index (χ3n) is 4.97. The molecule has 0 aromatic heterocycles. The normalized spacial score (nSPS) is 13.6. The number of aliphatic hydroxyl groups excluding tert-OH is 1. The molecule has 0 saturated heterocycles. The fourth-order valence-electron chi connectivity index (χ4n) is 3.03. The standard InChI is InChI=1S/C22H44O3/c1-4-6-7-8-11-14-17-21(23)18-15-12-9-10-13-16-19-22(24)25-20(3)5-2/h20-21,23H,4-19H2,1-3H3. The van der Waals surface area contributed by atoms with Gasteiger partial charge in [0.2, 0.25) is 0 Å². The third kappa shape index (κ3) is 18.0. The summed E-state index contributed by atoms with van der Waals surface area (Å²) in [5, 5.41) is 9.99. The van der Waals surface area contributed by atoms with Crippen molar-refractivity contribution in [2.75, 3.05) is 0 Å². The number of hydrogen-bond acceptors (Lipinski definition) is 3. The van der Waals surface area contributed by atoms with E-state index >= 15 is 0 Å². The molecule has 0 aliphatic carbocycles. The van der Waals surface area contributed by atoms with Gasteiger partial charge in [0.25, 0.3) is 0 Å². The summed E-state index contributed by atoms with van der Waals surface area (Å²) in [6.07, 6.45) is 17.9. The second-order valence-corrected chi connectivity index (χ2v) is 7.58. The Morgan fingerprint density at radius 3 is 1.80 bits per heavy atom. The molecular weight excluding hydrogens is 312 g/mol. The number of carbonyl (C=O) groups is 1. The zero-order valence-electron chi connectivity index (χ0n) is 17.2. The predicted octanol–water partition coefficient (Wildman–Crippen LogP) is 6.56. The maximum atomic E-state index is 11.5. The fourth-order valence-corrected chi connectivity index (χ4v) is 3.03. The minimum atomic E-state index is -0.0958. The summed E-state index contributed by atoms with van der Waals surface area (Å²) in [6.45, 7) is 6.22. The number of aliphatic hydroxyl groups is 1. The van der Waals surface area contributed by atoms with Gasteiger partial charge in [0.15, 0.2) is 0 Å². The van der Waals surface area contributed by atoms with Gasteiger partial charge in [0.1, 0.15) is 0 Å². The van der Waals surface area contributed by atoms with Gasteiger partial charge in [-0.3, -0.25) is 4.79 Å². The van der Waals surface area contributed by atoms with E-state index in [1.807, 2.05) is 13.8 Å². The highest BCUT2D eigenvalue weighted by molar-refractivity contribution is 5.69. The van der Waals surface area contributed by atoms with Crippen molar-refractivity contribution in [2.24, 2.45) is 0 Å². The van der Waals surface area contributed by atoms with Crippen molar-refractivity contribution in [3.8, 4) is 0 Å². The smallest absolute Gasteiger partial charge is 0.306 e. The van der Waals surface area contributed by atoms with Crippen LogP contribution in [0.1, 0.15) is 124 Å². The molecule has 0 radical (unpaired) electrons. The van der Waals surface area contributed by atoms with Crippen molar-refractivity contribution in [1.29, 1.82) is 0 Å². The van der Waals surface area contributed by atoms with E-state index in [9.17, 15) is 9.90 Å². The van der Waals surface area contributed by atoms with Gasteiger partial charge >= 0.3 is 5.97 Å². The molecule has 0 bridgehead atoms. The minimum Gasteiger partial charge on any atom is -0.463 e. The van der Waals surface area contributed by atoms with Crippen LogP contribution < -0.4 is 0 Å². The first kappa shape index (κ1) is 24.4. The molecule has 0 aliphatic rings. The Morgan fingerprint density at radius 2 is 1.28 bits per heavy atom. The number of rotatable bonds is 18. The number of unbranched alkanes of at least 4 members (excludes halogenated alkanes) is 10. The van der Waals surface area contributed by atoms with Crippen molar-refractivity contribution in [3.05, 3.63) is 0 Å². The van der Waals surface area contributed by atoms with Crippen molar-refractivity contribution >= 4 is 5.97 Å². The van der Waals surface area contributed by atoms with Gasteiger partial charge in [0, 0.05) is 6.42 Å². The van der Waals surface area contributed by atoms with Crippen molar-refractivity contribution < 1.29 is 14.6 Å². The van der Waals surface area contributed by atoms with Crippen LogP contribution in [0.5, 0.6) is 0 Å².